The SMILES string of the molecule is O=C(Nc1cc(OC[C@@H]2CCCN2)cc(C(F)(F)F)c1)c1cccnc1Nc1ccc2cn[nH]c2c1. The first-order valence-corrected chi connectivity index (χ1v) is 11.4. The molecule has 11 heteroatoms. The van der Waals surface area contributed by atoms with Crippen LogP contribution in [0.1, 0.15) is 28.8 Å². The third kappa shape index (κ3) is 5.41. The summed E-state index contributed by atoms with van der Waals surface area (Å²) in [5.41, 5.74) is 0.684. The van der Waals surface area contributed by atoms with E-state index in [1.165, 1.54) is 18.3 Å². The molecule has 1 aliphatic heterocycles. The Labute approximate surface area is 204 Å². The van der Waals surface area contributed by atoms with Crippen LogP contribution in [0.25, 0.3) is 10.9 Å². The number of carbonyl (C=O) groups is 1. The van der Waals surface area contributed by atoms with Crippen molar-refractivity contribution in [3.63, 3.8) is 0 Å². The number of H-pyrrole nitrogens is 1. The van der Waals surface area contributed by atoms with Crippen LogP contribution in [0.5, 0.6) is 5.75 Å². The highest BCUT2D eigenvalue weighted by atomic mass is 19.4. The number of amides is 1. The molecule has 2 aromatic heterocycles. The van der Waals surface area contributed by atoms with Crippen molar-refractivity contribution in [2.24, 2.45) is 0 Å². The second kappa shape index (κ2) is 9.86. The smallest absolute Gasteiger partial charge is 0.416 e. The Morgan fingerprint density at radius 1 is 1.14 bits per heavy atom. The number of pyridine rings is 1. The van der Waals surface area contributed by atoms with E-state index >= 15 is 0 Å². The highest BCUT2D eigenvalue weighted by Crippen LogP contribution is 2.34. The highest BCUT2D eigenvalue weighted by Gasteiger charge is 2.32. The van der Waals surface area contributed by atoms with Crippen molar-refractivity contribution in [3.05, 3.63) is 72.1 Å². The molecule has 0 unspecified atom stereocenters. The molecule has 3 heterocycles. The number of nitrogens with one attached hydrogen (secondary N) is 4. The van der Waals surface area contributed by atoms with Gasteiger partial charge in [-0.3, -0.25) is 9.89 Å². The fourth-order valence-corrected chi connectivity index (χ4v) is 4.05. The van der Waals surface area contributed by atoms with Crippen LogP contribution in [0.4, 0.5) is 30.4 Å². The zero-order valence-corrected chi connectivity index (χ0v) is 19.0. The van der Waals surface area contributed by atoms with E-state index in [2.05, 4.69) is 31.1 Å². The molecule has 8 nitrogen and oxygen atoms in total. The summed E-state index contributed by atoms with van der Waals surface area (Å²) in [5, 5.41) is 16.7. The molecule has 1 amide bonds. The number of anilines is 3. The van der Waals surface area contributed by atoms with Crippen LogP contribution in [-0.2, 0) is 6.18 Å². The molecule has 1 saturated heterocycles. The van der Waals surface area contributed by atoms with E-state index in [0.717, 1.165) is 42.4 Å². The average Bonchev–Trinajstić information content (AvgIpc) is 3.54. The Bertz CT molecular complexity index is 1380. The van der Waals surface area contributed by atoms with Gasteiger partial charge in [-0.1, -0.05) is 0 Å². The monoisotopic (exact) mass is 496 g/mol. The topological polar surface area (TPSA) is 104 Å². The number of ether oxygens (including phenoxy) is 1. The van der Waals surface area contributed by atoms with Gasteiger partial charge in [0.05, 0.1) is 22.8 Å². The number of hydrogen-bond donors (Lipinski definition) is 4. The summed E-state index contributed by atoms with van der Waals surface area (Å²) in [7, 11) is 0. The van der Waals surface area contributed by atoms with E-state index in [0.29, 0.717) is 5.69 Å². The number of aromatic nitrogens is 3. The number of hydrogen-bond acceptors (Lipinski definition) is 6. The number of nitrogens with zero attached hydrogens (tertiary/aromatic N) is 2. The van der Waals surface area contributed by atoms with Gasteiger partial charge in [0.2, 0.25) is 0 Å². The lowest BCUT2D eigenvalue weighted by molar-refractivity contribution is -0.137. The highest BCUT2D eigenvalue weighted by molar-refractivity contribution is 6.08. The minimum atomic E-state index is -4.60. The maximum Gasteiger partial charge on any atom is 0.416 e. The number of rotatable bonds is 7. The van der Waals surface area contributed by atoms with E-state index in [9.17, 15) is 18.0 Å². The molecule has 5 rings (SSSR count). The Hall–Kier alpha value is -4.12. The summed E-state index contributed by atoms with van der Waals surface area (Å²) in [6, 6.07) is 11.9. The van der Waals surface area contributed by atoms with Crippen molar-refractivity contribution >= 4 is 34.0 Å². The molecule has 0 spiro atoms. The van der Waals surface area contributed by atoms with Crippen molar-refractivity contribution in [3.8, 4) is 5.75 Å². The second-order valence-corrected chi connectivity index (χ2v) is 8.50. The summed E-state index contributed by atoms with van der Waals surface area (Å²) in [5.74, 6) is -0.327. The van der Waals surface area contributed by atoms with E-state index in [4.69, 9.17) is 4.74 Å². The molecular formula is C25H23F3N6O2. The number of fused-ring (bicyclic) bond motifs is 1. The van der Waals surface area contributed by atoms with Gasteiger partial charge in [-0.2, -0.15) is 18.3 Å². The van der Waals surface area contributed by atoms with Crippen LogP contribution in [0, 0.1) is 0 Å². The maximum absolute atomic E-state index is 13.5. The van der Waals surface area contributed by atoms with Gasteiger partial charge in [-0.25, -0.2) is 4.98 Å². The van der Waals surface area contributed by atoms with Gasteiger partial charge in [0.25, 0.3) is 5.91 Å². The van der Waals surface area contributed by atoms with Gasteiger partial charge in [-0.15, -0.1) is 0 Å². The predicted molar refractivity (Wildman–Crippen MR) is 130 cm³/mol. The summed E-state index contributed by atoms with van der Waals surface area (Å²) in [6.45, 7) is 1.10. The maximum atomic E-state index is 13.5. The lowest BCUT2D eigenvalue weighted by atomic mass is 10.1. The third-order valence-corrected chi connectivity index (χ3v) is 5.86. The summed E-state index contributed by atoms with van der Waals surface area (Å²) >= 11 is 0. The van der Waals surface area contributed by atoms with E-state index in [1.54, 1.807) is 12.3 Å². The number of benzene rings is 2. The second-order valence-electron chi connectivity index (χ2n) is 8.50. The molecule has 1 aliphatic rings. The first kappa shape index (κ1) is 23.6. The largest absolute Gasteiger partial charge is 0.492 e. The van der Waals surface area contributed by atoms with Gasteiger partial charge < -0.3 is 20.7 Å². The Kier molecular flexibility index (Phi) is 6.47. The van der Waals surface area contributed by atoms with Crippen LogP contribution in [-0.4, -0.2) is 40.3 Å². The van der Waals surface area contributed by atoms with Crippen LogP contribution < -0.4 is 20.7 Å². The zero-order chi connectivity index (χ0) is 25.1. The van der Waals surface area contributed by atoms with E-state index in [-0.39, 0.29) is 35.5 Å². The fraction of sp³-hybridized carbons (Fsp3) is 0.240. The van der Waals surface area contributed by atoms with Gasteiger partial charge in [0, 0.05) is 35.1 Å². The number of carbonyl (C=O) groups excluding carboxylic acids is 1. The Morgan fingerprint density at radius 3 is 2.83 bits per heavy atom. The van der Waals surface area contributed by atoms with E-state index < -0.39 is 17.6 Å². The number of aromatic amines is 1. The minimum absolute atomic E-state index is 0.0297. The molecule has 0 bridgehead atoms. The molecular weight excluding hydrogens is 473 g/mol. The van der Waals surface area contributed by atoms with E-state index in [1.807, 2.05) is 18.2 Å². The molecule has 0 radical (unpaired) electrons. The van der Waals surface area contributed by atoms with Crippen molar-refractivity contribution < 1.29 is 22.7 Å². The Morgan fingerprint density at radius 2 is 2.03 bits per heavy atom. The predicted octanol–water partition coefficient (Wildman–Crippen LogP) is 5.10. The molecule has 186 valence electrons. The van der Waals surface area contributed by atoms with Gasteiger partial charge in [0.1, 0.15) is 18.2 Å². The molecule has 36 heavy (non-hydrogen) atoms. The quantitative estimate of drug-likeness (QED) is 0.284. The number of halogens is 3. The summed E-state index contributed by atoms with van der Waals surface area (Å²) < 4.78 is 46.2. The fourth-order valence-electron chi connectivity index (χ4n) is 4.05. The van der Waals surface area contributed by atoms with Crippen molar-refractivity contribution in [2.45, 2.75) is 25.1 Å². The van der Waals surface area contributed by atoms with Crippen molar-refractivity contribution in [1.82, 2.24) is 20.5 Å². The van der Waals surface area contributed by atoms with Crippen LogP contribution in [0.15, 0.2) is 60.9 Å². The molecule has 4 N–H and O–H groups in total. The summed E-state index contributed by atoms with van der Waals surface area (Å²) in [4.78, 5) is 17.3. The first-order valence-electron chi connectivity index (χ1n) is 11.4. The van der Waals surface area contributed by atoms with Gasteiger partial charge >= 0.3 is 6.18 Å². The Balaban J connectivity index is 1.37. The van der Waals surface area contributed by atoms with Crippen molar-refractivity contribution in [2.75, 3.05) is 23.8 Å². The normalized spacial score (nSPS) is 15.7. The lowest BCUT2D eigenvalue weighted by Gasteiger charge is -2.16. The molecule has 0 aliphatic carbocycles. The van der Waals surface area contributed by atoms with Crippen LogP contribution in [0.2, 0.25) is 0 Å². The first-order chi connectivity index (χ1) is 17.3. The zero-order valence-electron chi connectivity index (χ0n) is 19.0. The molecule has 4 aromatic rings. The van der Waals surface area contributed by atoms with Crippen LogP contribution >= 0.6 is 0 Å². The van der Waals surface area contributed by atoms with Crippen molar-refractivity contribution in [1.29, 1.82) is 0 Å². The average molecular weight is 496 g/mol. The minimum Gasteiger partial charge on any atom is -0.492 e. The summed E-state index contributed by atoms with van der Waals surface area (Å²) in [6.07, 6.45) is 0.496. The molecule has 1 atom stereocenters. The molecule has 1 fully saturated rings. The standard InChI is InChI=1S/C25H23F3N6O2/c26-25(27,28)16-9-19(11-20(10-16)36-14-18-3-1-7-29-18)33-24(35)21-4-2-8-30-23(21)32-17-6-5-15-13-31-34-22(15)12-17/h2,4-6,8-13,18,29H,1,3,7,14H2,(H,30,32)(H,31,34)(H,33,35)/t18-/m0/s1. The van der Waals surface area contributed by atoms with Crippen LogP contribution in [0.3, 0.4) is 0 Å². The lowest BCUT2D eigenvalue weighted by Crippen LogP contribution is -2.28. The molecule has 0 saturated carbocycles. The van der Waals surface area contributed by atoms with Gasteiger partial charge in [0.15, 0.2) is 0 Å². The molecule has 2 aromatic carbocycles. The number of alkyl halides is 3. The van der Waals surface area contributed by atoms with Gasteiger partial charge in [-0.05, 0) is 61.9 Å². The third-order valence-electron chi connectivity index (χ3n) is 5.86.